The van der Waals surface area contributed by atoms with Crippen LogP contribution >= 0.6 is 11.6 Å². The maximum Gasteiger partial charge on any atom is 0.254 e. The number of aromatic nitrogens is 5. The van der Waals surface area contributed by atoms with Gasteiger partial charge in [-0.05, 0) is 37.6 Å². The van der Waals surface area contributed by atoms with Crippen LogP contribution in [-0.2, 0) is 0 Å². The van der Waals surface area contributed by atoms with Crippen molar-refractivity contribution in [1.82, 2.24) is 24.6 Å². The molecule has 4 aromatic rings. The third-order valence-electron chi connectivity index (χ3n) is 4.06. The molecule has 0 spiro atoms. The lowest BCUT2D eigenvalue weighted by Gasteiger charge is -2.11. The van der Waals surface area contributed by atoms with Crippen molar-refractivity contribution in [2.24, 2.45) is 0 Å². The Morgan fingerprint density at radius 1 is 1.08 bits per heavy atom. The van der Waals surface area contributed by atoms with Gasteiger partial charge in [0.15, 0.2) is 0 Å². The van der Waals surface area contributed by atoms with Gasteiger partial charge in [0.2, 0.25) is 0 Å². The summed E-state index contributed by atoms with van der Waals surface area (Å²) >= 11 is 6.03. The summed E-state index contributed by atoms with van der Waals surface area (Å²) < 4.78 is 1.71. The van der Waals surface area contributed by atoms with Gasteiger partial charge in [-0.15, -0.1) is 0 Å². The SMILES string of the molecule is Cc1cc(NCCCNc2ccnc3cc(Cl)ccc23)n2ncnc2n1. The van der Waals surface area contributed by atoms with Crippen LogP contribution in [0.5, 0.6) is 0 Å². The van der Waals surface area contributed by atoms with E-state index < -0.39 is 0 Å². The Hall–Kier alpha value is -2.93. The topological polar surface area (TPSA) is 80.0 Å². The van der Waals surface area contributed by atoms with Crippen LogP contribution in [-0.4, -0.2) is 37.7 Å². The van der Waals surface area contributed by atoms with Crippen LogP contribution in [0.2, 0.25) is 5.02 Å². The maximum absolute atomic E-state index is 6.03. The molecule has 1 aromatic carbocycles. The molecule has 132 valence electrons. The Morgan fingerprint density at radius 2 is 1.96 bits per heavy atom. The molecule has 7 nitrogen and oxygen atoms in total. The van der Waals surface area contributed by atoms with E-state index in [4.69, 9.17) is 11.6 Å². The van der Waals surface area contributed by atoms with Gasteiger partial charge in [-0.1, -0.05) is 11.6 Å². The first kappa shape index (κ1) is 16.5. The number of hydrogen-bond acceptors (Lipinski definition) is 6. The molecule has 0 bridgehead atoms. The smallest absolute Gasteiger partial charge is 0.254 e. The molecule has 2 N–H and O–H groups in total. The average Bonchev–Trinajstić information content (AvgIpc) is 3.09. The van der Waals surface area contributed by atoms with Crippen LogP contribution < -0.4 is 10.6 Å². The quantitative estimate of drug-likeness (QED) is 0.507. The fourth-order valence-electron chi connectivity index (χ4n) is 2.86. The number of fused-ring (bicyclic) bond motifs is 2. The van der Waals surface area contributed by atoms with Gasteiger partial charge in [0.25, 0.3) is 5.78 Å². The van der Waals surface area contributed by atoms with Gasteiger partial charge in [0.05, 0.1) is 5.52 Å². The number of pyridine rings is 1. The number of nitrogens with one attached hydrogen (secondary N) is 2. The van der Waals surface area contributed by atoms with E-state index in [-0.39, 0.29) is 0 Å². The highest BCUT2D eigenvalue weighted by Gasteiger charge is 2.05. The molecule has 4 rings (SSSR count). The summed E-state index contributed by atoms with van der Waals surface area (Å²) in [5, 5.41) is 12.8. The Morgan fingerprint density at radius 3 is 2.88 bits per heavy atom. The van der Waals surface area contributed by atoms with E-state index in [1.165, 1.54) is 6.33 Å². The molecule has 0 radical (unpaired) electrons. The average molecular weight is 368 g/mol. The molecular formula is C18H18ClN7. The first-order valence-corrected chi connectivity index (χ1v) is 8.78. The van der Waals surface area contributed by atoms with Crippen LogP contribution in [0.1, 0.15) is 12.1 Å². The van der Waals surface area contributed by atoms with Gasteiger partial charge in [-0.25, -0.2) is 4.98 Å². The predicted molar refractivity (Wildman–Crippen MR) is 104 cm³/mol. The first-order valence-electron chi connectivity index (χ1n) is 8.40. The monoisotopic (exact) mass is 367 g/mol. The van der Waals surface area contributed by atoms with Crippen molar-refractivity contribution in [3.05, 3.63) is 53.6 Å². The van der Waals surface area contributed by atoms with E-state index in [0.717, 1.165) is 47.6 Å². The zero-order chi connectivity index (χ0) is 17.9. The molecular weight excluding hydrogens is 350 g/mol. The summed E-state index contributed by atoms with van der Waals surface area (Å²) in [6, 6.07) is 9.70. The van der Waals surface area contributed by atoms with Crippen molar-refractivity contribution >= 4 is 39.8 Å². The molecule has 8 heteroatoms. The number of anilines is 2. The minimum atomic E-state index is 0.604. The van der Waals surface area contributed by atoms with Gasteiger partial charge in [0.1, 0.15) is 12.1 Å². The highest BCUT2D eigenvalue weighted by atomic mass is 35.5. The van der Waals surface area contributed by atoms with Crippen molar-refractivity contribution in [1.29, 1.82) is 0 Å². The molecule has 3 aromatic heterocycles. The van der Waals surface area contributed by atoms with E-state index in [1.54, 1.807) is 10.7 Å². The summed E-state index contributed by atoms with van der Waals surface area (Å²) in [5.74, 6) is 1.50. The first-order chi connectivity index (χ1) is 12.7. The van der Waals surface area contributed by atoms with Crippen LogP contribution in [0, 0.1) is 6.92 Å². The maximum atomic E-state index is 6.03. The molecule has 0 aliphatic carbocycles. The summed E-state index contributed by atoms with van der Waals surface area (Å²) in [5.41, 5.74) is 2.86. The molecule has 0 atom stereocenters. The summed E-state index contributed by atoms with van der Waals surface area (Å²) in [7, 11) is 0. The second kappa shape index (κ2) is 7.13. The van der Waals surface area contributed by atoms with Gasteiger partial charge >= 0.3 is 0 Å². The molecule has 0 fully saturated rings. The fraction of sp³-hybridized carbons (Fsp3) is 0.222. The van der Waals surface area contributed by atoms with E-state index >= 15 is 0 Å². The zero-order valence-corrected chi connectivity index (χ0v) is 15.0. The second-order valence-electron chi connectivity index (χ2n) is 5.98. The lowest BCUT2D eigenvalue weighted by atomic mass is 10.2. The second-order valence-corrected chi connectivity index (χ2v) is 6.42. The summed E-state index contributed by atoms with van der Waals surface area (Å²) in [6.07, 6.45) is 4.24. The zero-order valence-electron chi connectivity index (χ0n) is 14.3. The van der Waals surface area contributed by atoms with E-state index in [2.05, 4.69) is 30.7 Å². The Balaban J connectivity index is 1.36. The Bertz CT molecular complexity index is 1060. The van der Waals surface area contributed by atoms with Crippen LogP contribution in [0.4, 0.5) is 11.5 Å². The molecule has 0 unspecified atom stereocenters. The Labute approximate surface area is 155 Å². The third-order valence-corrected chi connectivity index (χ3v) is 4.29. The highest BCUT2D eigenvalue weighted by molar-refractivity contribution is 6.31. The van der Waals surface area contributed by atoms with E-state index in [1.807, 2.05) is 37.3 Å². The molecule has 26 heavy (non-hydrogen) atoms. The number of nitrogens with zero attached hydrogens (tertiary/aromatic N) is 5. The number of benzene rings is 1. The summed E-state index contributed by atoms with van der Waals surface area (Å²) in [6.45, 7) is 3.59. The molecule has 0 aliphatic rings. The van der Waals surface area contributed by atoms with Crippen molar-refractivity contribution in [2.75, 3.05) is 23.7 Å². The predicted octanol–water partition coefficient (Wildman–Crippen LogP) is 3.55. The van der Waals surface area contributed by atoms with Crippen molar-refractivity contribution < 1.29 is 0 Å². The lowest BCUT2D eigenvalue weighted by Crippen LogP contribution is -2.12. The van der Waals surface area contributed by atoms with E-state index in [9.17, 15) is 0 Å². The van der Waals surface area contributed by atoms with Crippen LogP contribution in [0.3, 0.4) is 0 Å². The van der Waals surface area contributed by atoms with Gasteiger partial charge in [-0.2, -0.15) is 14.6 Å². The fourth-order valence-corrected chi connectivity index (χ4v) is 3.03. The van der Waals surface area contributed by atoms with Gasteiger partial charge < -0.3 is 10.6 Å². The molecule has 3 heterocycles. The van der Waals surface area contributed by atoms with Crippen LogP contribution in [0.15, 0.2) is 42.9 Å². The van der Waals surface area contributed by atoms with Crippen molar-refractivity contribution in [3.8, 4) is 0 Å². The summed E-state index contributed by atoms with van der Waals surface area (Å²) in [4.78, 5) is 12.8. The van der Waals surface area contributed by atoms with Crippen LogP contribution in [0.25, 0.3) is 16.7 Å². The normalized spacial score (nSPS) is 11.2. The molecule has 0 saturated carbocycles. The van der Waals surface area contributed by atoms with Gasteiger partial charge in [0, 0.05) is 47.1 Å². The third kappa shape index (κ3) is 3.39. The molecule has 0 saturated heterocycles. The largest absolute Gasteiger partial charge is 0.384 e. The minimum absolute atomic E-state index is 0.604. The molecule has 0 amide bonds. The standard InChI is InChI=1S/C18H18ClN7/c1-12-9-17(26-18(25-12)23-11-24-26)22-7-2-6-20-15-5-8-21-16-10-13(19)3-4-14(15)16/h3-5,8-11,22H,2,6-7H2,1H3,(H,20,21). The van der Waals surface area contributed by atoms with Crippen molar-refractivity contribution in [3.63, 3.8) is 0 Å². The van der Waals surface area contributed by atoms with E-state index in [0.29, 0.717) is 10.8 Å². The molecule has 0 aliphatic heterocycles. The highest BCUT2D eigenvalue weighted by Crippen LogP contribution is 2.24. The number of aryl methyl sites for hydroxylation is 1. The number of hydrogen-bond donors (Lipinski definition) is 2. The number of halogens is 1. The Kier molecular flexibility index (Phi) is 4.53. The van der Waals surface area contributed by atoms with Gasteiger partial charge in [-0.3, -0.25) is 4.98 Å². The number of rotatable bonds is 6. The van der Waals surface area contributed by atoms with Crippen molar-refractivity contribution in [2.45, 2.75) is 13.3 Å². The minimum Gasteiger partial charge on any atom is -0.384 e. The lowest BCUT2D eigenvalue weighted by molar-refractivity contribution is 0.871.